The predicted octanol–water partition coefficient (Wildman–Crippen LogP) is 3.38. The van der Waals surface area contributed by atoms with Crippen LogP contribution in [-0.2, 0) is 0 Å². The molecule has 2 bridgehead atoms. The Balaban J connectivity index is 1.62. The Bertz CT molecular complexity index is 618. The van der Waals surface area contributed by atoms with Gasteiger partial charge in [0.2, 0.25) is 0 Å². The van der Waals surface area contributed by atoms with Gasteiger partial charge in [0.1, 0.15) is 5.82 Å². The average Bonchev–Trinajstić information content (AvgIpc) is 3.16. The first-order valence-corrected chi connectivity index (χ1v) is 7.54. The molecule has 1 aromatic carbocycles. The van der Waals surface area contributed by atoms with E-state index in [1.54, 1.807) is 0 Å². The van der Waals surface area contributed by atoms with Gasteiger partial charge in [-0.05, 0) is 50.2 Å². The standard InChI is InChI=1S/C16H20N4/c1-10-17-16(20-19-10)13-4-2-3-5-14(13)18-15-9-11-6-7-12(15)8-11/h2-5,11-12,15,18H,6-9H2,1H3,(H,17,19,20). The number of benzene rings is 1. The molecule has 3 unspecified atom stereocenters. The van der Waals surface area contributed by atoms with Gasteiger partial charge in [-0.15, -0.1) is 0 Å². The van der Waals surface area contributed by atoms with E-state index in [-0.39, 0.29) is 0 Å². The summed E-state index contributed by atoms with van der Waals surface area (Å²) in [6, 6.07) is 9.01. The van der Waals surface area contributed by atoms with E-state index in [1.807, 2.05) is 13.0 Å². The Kier molecular flexibility index (Phi) is 2.76. The molecule has 2 fully saturated rings. The lowest BCUT2D eigenvalue weighted by Gasteiger charge is -2.25. The van der Waals surface area contributed by atoms with E-state index in [0.717, 1.165) is 29.0 Å². The second-order valence-corrected chi connectivity index (χ2v) is 6.22. The number of rotatable bonds is 3. The van der Waals surface area contributed by atoms with E-state index >= 15 is 0 Å². The zero-order valence-electron chi connectivity index (χ0n) is 11.8. The summed E-state index contributed by atoms with van der Waals surface area (Å²) in [6.07, 6.45) is 5.57. The average molecular weight is 268 g/mol. The Morgan fingerprint density at radius 2 is 2.10 bits per heavy atom. The maximum Gasteiger partial charge on any atom is 0.183 e. The Labute approximate surface area is 119 Å². The monoisotopic (exact) mass is 268 g/mol. The molecule has 4 rings (SSSR count). The zero-order chi connectivity index (χ0) is 13.5. The van der Waals surface area contributed by atoms with Crippen LogP contribution >= 0.6 is 0 Å². The summed E-state index contributed by atoms with van der Waals surface area (Å²) in [7, 11) is 0. The van der Waals surface area contributed by atoms with E-state index in [9.17, 15) is 0 Å². The first-order valence-electron chi connectivity index (χ1n) is 7.54. The number of hydrogen-bond donors (Lipinski definition) is 2. The SMILES string of the molecule is Cc1nc(-c2ccccc2NC2CC3CCC2C3)n[nH]1. The minimum atomic E-state index is 0.634. The molecule has 1 aromatic heterocycles. The van der Waals surface area contributed by atoms with Crippen LogP contribution in [0, 0.1) is 18.8 Å². The van der Waals surface area contributed by atoms with Crippen LogP contribution in [0.2, 0.25) is 0 Å². The lowest BCUT2D eigenvalue weighted by atomic mass is 9.95. The summed E-state index contributed by atoms with van der Waals surface area (Å²) in [5, 5.41) is 11.0. The fourth-order valence-electron chi connectivity index (χ4n) is 3.89. The van der Waals surface area contributed by atoms with E-state index in [2.05, 4.69) is 38.7 Å². The van der Waals surface area contributed by atoms with Crippen LogP contribution < -0.4 is 5.32 Å². The third-order valence-corrected chi connectivity index (χ3v) is 4.84. The fourth-order valence-corrected chi connectivity index (χ4v) is 3.89. The normalized spacial score (nSPS) is 27.9. The molecular weight excluding hydrogens is 248 g/mol. The highest BCUT2D eigenvalue weighted by atomic mass is 15.2. The molecular formula is C16H20N4. The van der Waals surface area contributed by atoms with Crippen molar-refractivity contribution < 1.29 is 0 Å². The van der Waals surface area contributed by atoms with Crippen molar-refractivity contribution in [3.63, 3.8) is 0 Å². The highest BCUT2D eigenvalue weighted by Crippen LogP contribution is 2.46. The lowest BCUT2D eigenvalue weighted by Crippen LogP contribution is -2.26. The molecule has 0 amide bonds. The molecule has 3 atom stereocenters. The smallest absolute Gasteiger partial charge is 0.183 e. The van der Waals surface area contributed by atoms with Crippen molar-refractivity contribution in [2.45, 2.75) is 38.6 Å². The number of anilines is 1. The van der Waals surface area contributed by atoms with Crippen molar-refractivity contribution in [2.75, 3.05) is 5.32 Å². The van der Waals surface area contributed by atoms with Gasteiger partial charge in [0.25, 0.3) is 0 Å². The number of hydrogen-bond acceptors (Lipinski definition) is 3. The van der Waals surface area contributed by atoms with Gasteiger partial charge in [0.15, 0.2) is 5.82 Å². The predicted molar refractivity (Wildman–Crippen MR) is 79.4 cm³/mol. The summed E-state index contributed by atoms with van der Waals surface area (Å²) in [5.74, 6) is 3.46. The van der Waals surface area contributed by atoms with Gasteiger partial charge in [0.05, 0.1) is 0 Å². The number of H-pyrrole nitrogens is 1. The second-order valence-electron chi connectivity index (χ2n) is 6.22. The molecule has 2 N–H and O–H groups in total. The highest BCUT2D eigenvalue weighted by Gasteiger charge is 2.39. The molecule has 0 aliphatic heterocycles. The summed E-state index contributed by atoms with van der Waals surface area (Å²) >= 11 is 0. The van der Waals surface area contributed by atoms with Gasteiger partial charge in [-0.3, -0.25) is 5.10 Å². The zero-order valence-corrected chi connectivity index (χ0v) is 11.8. The first-order chi connectivity index (χ1) is 9.79. The largest absolute Gasteiger partial charge is 0.381 e. The van der Waals surface area contributed by atoms with Gasteiger partial charge < -0.3 is 5.32 Å². The van der Waals surface area contributed by atoms with Crippen LogP contribution in [0.25, 0.3) is 11.4 Å². The number of para-hydroxylation sites is 1. The Hall–Kier alpha value is -1.84. The molecule has 20 heavy (non-hydrogen) atoms. The van der Waals surface area contributed by atoms with Crippen molar-refractivity contribution in [1.82, 2.24) is 15.2 Å². The quantitative estimate of drug-likeness (QED) is 0.897. The molecule has 104 valence electrons. The van der Waals surface area contributed by atoms with Crippen LogP contribution in [0.4, 0.5) is 5.69 Å². The maximum absolute atomic E-state index is 4.46. The molecule has 0 saturated heterocycles. The van der Waals surface area contributed by atoms with E-state index in [1.165, 1.54) is 31.4 Å². The topological polar surface area (TPSA) is 53.6 Å². The Morgan fingerprint density at radius 1 is 1.20 bits per heavy atom. The number of aryl methyl sites for hydroxylation is 1. The van der Waals surface area contributed by atoms with Crippen molar-refractivity contribution in [3.05, 3.63) is 30.1 Å². The van der Waals surface area contributed by atoms with Gasteiger partial charge in [-0.1, -0.05) is 18.6 Å². The van der Waals surface area contributed by atoms with E-state index in [4.69, 9.17) is 0 Å². The van der Waals surface area contributed by atoms with Gasteiger partial charge >= 0.3 is 0 Å². The summed E-state index contributed by atoms with van der Waals surface area (Å²) < 4.78 is 0. The molecule has 0 spiro atoms. The number of nitrogens with one attached hydrogen (secondary N) is 2. The number of aromatic amines is 1. The van der Waals surface area contributed by atoms with Crippen LogP contribution in [-0.4, -0.2) is 21.2 Å². The first kappa shape index (κ1) is 11.9. The summed E-state index contributed by atoms with van der Waals surface area (Å²) in [4.78, 5) is 4.46. The number of nitrogens with zero attached hydrogens (tertiary/aromatic N) is 2. The van der Waals surface area contributed by atoms with Crippen LogP contribution in [0.1, 0.15) is 31.5 Å². The Morgan fingerprint density at radius 3 is 2.80 bits per heavy atom. The molecule has 2 aliphatic carbocycles. The molecule has 1 heterocycles. The highest BCUT2D eigenvalue weighted by molar-refractivity contribution is 5.73. The van der Waals surface area contributed by atoms with Gasteiger partial charge in [-0.25, -0.2) is 4.98 Å². The van der Waals surface area contributed by atoms with Crippen molar-refractivity contribution >= 4 is 5.69 Å². The molecule has 2 aliphatic rings. The van der Waals surface area contributed by atoms with Crippen LogP contribution in [0.3, 0.4) is 0 Å². The summed E-state index contributed by atoms with van der Waals surface area (Å²) in [6.45, 7) is 1.93. The lowest BCUT2D eigenvalue weighted by molar-refractivity contribution is 0.440. The van der Waals surface area contributed by atoms with Crippen molar-refractivity contribution in [1.29, 1.82) is 0 Å². The summed E-state index contributed by atoms with van der Waals surface area (Å²) in [5.41, 5.74) is 2.27. The fraction of sp³-hybridized carbons (Fsp3) is 0.500. The van der Waals surface area contributed by atoms with E-state index in [0.29, 0.717) is 6.04 Å². The second kappa shape index (κ2) is 4.62. The minimum Gasteiger partial charge on any atom is -0.381 e. The third-order valence-electron chi connectivity index (χ3n) is 4.84. The van der Waals surface area contributed by atoms with Crippen LogP contribution in [0.15, 0.2) is 24.3 Å². The molecule has 2 saturated carbocycles. The molecule has 0 radical (unpaired) electrons. The molecule has 4 heteroatoms. The van der Waals surface area contributed by atoms with Gasteiger partial charge in [-0.2, -0.15) is 5.10 Å². The van der Waals surface area contributed by atoms with Crippen LogP contribution in [0.5, 0.6) is 0 Å². The minimum absolute atomic E-state index is 0.634. The van der Waals surface area contributed by atoms with Gasteiger partial charge in [0, 0.05) is 17.3 Å². The molecule has 4 nitrogen and oxygen atoms in total. The molecule has 2 aromatic rings. The number of aromatic nitrogens is 3. The van der Waals surface area contributed by atoms with Crippen molar-refractivity contribution in [3.8, 4) is 11.4 Å². The maximum atomic E-state index is 4.46. The number of fused-ring (bicyclic) bond motifs is 2. The third kappa shape index (κ3) is 1.99. The van der Waals surface area contributed by atoms with Crippen molar-refractivity contribution in [2.24, 2.45) is 11.8 Å². The van der Waals surface area contributed by atoms with E-state index < -0.39 is 0 Å².